The molecule has 1 atom stereocenters. The Kier molecular flexibility index (Phi) is 6.90. The van der Waals surface area contributed by atoms with Crippen molar-refractivity contribution in [1.82, 2.24) is 9.97 Å². The Morgan fingerprint density at radius 3 is 2.11 bits per heavy atom. The number of alkyl halides is 3. The number of hydrogen-bond donors (Lipinski definition) is 3. The molecule has 0 bridgehead atoms. The van der Waals surface area contributed by atoms with Gasteiger partial charge in [0.15, 0.2) is 5.69 Å². The van der Waals surface area contributed by atoms with Gasteiger partial charge in [-0.3, -0.25) is 0 Å². The van der Waals surface area contributed by atoms with E-state index in [9.17, 15) is 18.3 Å². The Hall–Kier alpha value is -2.75. The number of ether oxygens (including phenoxy) is 2. The van der Waals surface area contributed by atoms with Crippen LogP contribution < -0.4 is 20.1 Å². The third-order valence-electron chi connectivity index (χ3n) is 3.96. The molecule has 0 aliphatic rings. The number of nitrogens with zero attached hydrogens (tertiary/aromatic N) is 2. The summed E-state index contributed by atoms with van der Waals surface area (Å²) in [6.07, 6.45) is -4.66. The van der Waals surface area contributed by atoms with E-state index in [1.807, 2.05) is 13.8 Å². The predicted molar refractivity (Wildman–Crippen MR) is 99.2 cm³/mol. The van der Waals surface area contributed by atoms with Crippen molar-refractivity contribution in [3.05, 3.63) is 30.0 Å². The highest BCUT2D eigenvalue weighted by atomic mass is 19.4. The van der Waals surface area contributed by atoms with Crippen LogP contribution >= 0.6 is 0 Å². The molecular weight excluding hydrogens is 377 g/mol. The SMILES string of the molecule is COc1cc(Nc2cc(C(F)(F)F)nc(N[C@H](CO)C(C)C)n2)cc(OC)c1. The third kappa shape index (κ3) is 5.62. The molecule has 1 aromatic heterocycles. The van der Waals surface area contributed by atoms with Gasteiger partial charge in [0.1, 0.15) is 17.3 Å². The smallest absolute Gasteiger partial charge is 0.433 e. The fourth-order valence-electron chi connectivity index (χ4n) is 2.34. The quantitative estimate of drug-likeness (QED) is 0.623. The van der Waals surface area contributed by atoms with Gasteiger partial charge in [0.05, 0.1) is 26.9 Å². The van der Waals surface area contributed by atoms with E-state index in [0.29, 0.717) is 17.2 Å². The summed E-state index contributed by atoms with van der Waals surface area (Å²) < 4.78 is 50.1. The summed E-state index contributed by atoms with van der Waals surface area (Å²) in [5.41, 5.74) is -0.681. The molecule has 2 rings (SSSR count). The van der Waals surface area contributed by atoms with Gasteiger partial charge in [0.25, 0.3) is 0 Å². The summed E-state index contributed by atoms with van der Waals surface area (Å²) in [5.74, 6) is 0.582. The summed E-state index contributed by atoms with van der Waals surface area (Å²) in [6, 6.07) is 5.13. The van der Waals surface area contributed by atoms with Gasteiger partial charge < -0.3 is 25.2 Å². The van der Waals surface area contributed by atoms with Gasteiger partial charge in [-0.25, -0.2) is 4.98 Å². The summed E-state index contributed by atoms with van der Waals surface area (Å²) in [7, 11) is 2.93. The maximum Gasteiger partial charge on any atom is 0.433 e. The Morgan fingerprint density at radius 2 is 1.64 bits per heavy atom. The molecule has 0 fully saturated rings. The molecule has 0 aliphatic heterocycles. The van der Waals surface area contributed by atoms with E-state index in [2.05, 4.69) is 20.6 Å². The topological polar surface area (TPSA) is 88.5 Å². The number of rotatable bonds is 8. The lowest BCUT2D eigenvalue weighted by Gasteiger charge is -2.21. The molecule has 1 aromatic carbocycles. The van der Waals surface area contributed by atoms with Crippen molar-refractivity contribution in [3.8, 4) is 11.5 Å². The lowest BCUT2D eigenvalue weighted by atomic mass is 10.1. The largest absolute Gasteiger partial charge is 0.497 e. The van der Waals surface area contributed by atoms with Crippen LogP contribution in [-0.2, 0) is 6.18 Å². The zero-order valence-corrected chi connectivity index (χ0v) is 16.0. The highest BCUT2D eigenvalue weighted by Gasteiger charge is 2.34. The van der Waals surface area contributed by atoms with Crippen LogP contribution in [-0.4, -0.2) is 41.9 Å². The lowest BCUT2D eigenvalue weighted by Crippen LogP contribution is -2.30. The highest BCUT2D eigenvalue weighted by Crippen LogP contribution is 2.32. The number of benzene rings is 1. The van der Waals surface area contributed by atoms with E-state index in [4.69, 9.17) is 9.47 Å². The zero-order valence-electron chi connectivity index (χ0n) is 16.0. The first-order chi connectivity index (χ1) is 13.2. The monoisotopic (exact) mass is 400 g/mol. The Morgan fingerprint density at radius 1 is 1.04 bits per heavy atom. The van der Waals surface area contributed by atoms with E-state index in [0.717, 1.165) is 6.07 Å². The molecule has 28 heavy (non-hydrogen) atoms. The lowest BCUT2D eigenvalue weighted by molar-refractivity contribution is -0.141. The number of aliphatic hydroxyl groups excluding tert-OH is 1. The van der Waals surface area contributed by atoms with Crippen LogP contribution in [0.1, 0.15) is 19.5 Å². The Labute approximate surface area is 160 Å². The second-order valence-corrected chi connectivity index (χ2v) is 6.36. The van der Waals surface area contributed by atoms with Crippen molar-refractivity contribution in [1.29, 1.82) is 0 Å². The second-order valence-electron chi connectivity index (χ2n) is 6.36. The minimum absolute atomic E-state index is 0.0396. The molecule has 0 radical (unpaired) electrons. The number of hydrogen-bond acceptors (Lipinski definition) is 7. The van der Waals surface area contributed by atoms with E-state index in [1.165, 1.54) is 14.2 Å². The van der Waals surface area contributed by atoms with Crippen molar-refractivity contribution < 1.29 is 27.8 Å². The molecule has 2 aromatic rings. The average Bonchev–Trinajstić information content (AvgIpc) is 2.64. The number of methoxy groups -OCH3 is 2. The van der Waals surface area contributed by atoms with Crippen LogP contribution in [0.25, 0.3) is 0 Å². The van der Waals surface area contributed by atoms with Crippen molar-refractivity contribution in [2.24, 2.45) is 5.92 Å². The van der Waals surface area contributed by atoms with E-state index in [-0.39, 0.29) is 24.3 Å². The van der Waals surface area contributed by atoms with Crippen LogP contribution in [0.3, 0.4) is 0 Å². The number of aliphatic hydroxyl groups is 1. The standard InChI is InChI=1S/C18H23F3N4O3/c1-10(2)14(9-26)23-17-24-15(18(19,20)21)8-16(25-17)22-11-5-12(27-3)7-13(6-11)28-4/h5-8,10,14,26H,9H2,1-4H3,(H2,22,23,24,25)/t14-/m1/s1. The van der Waals surface area contributed by atoms with E-state index in [1.54, 1.807) is 18.2 Å². The predicted octanol–water partition coefficient (Wildman–Crippen LogP) is 3.69. The summed E-state index contributed by atoms with van der Waals surface area (Å²) >= 11 is 0. The highest BCUT2D eigenvalue weighted by molar-refractivity contribution is 5.62. The van der Waals surface area contributed by atoms with Crippen LogP contribution in [0, 0.1) is 5.92 Å². The zero-order chi connectivity index (χ0) is 20.9. The molecule has 0 amide bonds. The number of aromatic nitrogens is 2. The van der Waals surface area contributed by atoms with Gasteiger partial charge in [-0.15, -0.1) is 0 Å². The molecule has 154 valence electrons. The van der Waals surface area contributed by atoms with Gasteiger partial charge in [-0.2, -0.15) is 18.2 Å². The fraction of sp³-hybridized carbons (Fsp3) is 0.444. The first-order valence-corrected chi connectivity index (χ1v) is 8.50. The minimum Gasteiger partial charge on any atom is -0.497 e. The van der Waals surface area contributed by atoms with Crippen LogP contribution in [0.15, 0.2) is 24.3 Å². The maximum absolute atomic E-state index is 13.3. The molecule has 3 N–H and O–H groups in total. The van der Waals surface area contributed by atoms with Crippen molar-refractivity contribution >= 4 is 17.5 Å². The maximum atomic E-state index is 13.3. The number of anilines is 3. The van der Waals surface area contributed by atoms with Crippen molar-refractivity contribution in [2.45, 2.75) is 26.1 Å². The average molecular weight is 400 g/mol. The van der Waals surface area contributed by atoms with Crippen molar-refractivity contribution in [2.75, 3.05) is 31.5 Å². The summed E-state index contributed by atoms with van der Waals surface area (Å²) in [4.78, 5) is 7.63. The van der Waals surface area contributed by atoms with Gasteiger partial charge in [0.2, 0.25) is 5.95 Å². The molecular formula is C18H23F3N4O3. The minimum atomic E-state index is -4.66. The molecule has 10 heteroatoms. The molecule has 0 spiro atoms. The third-order valence-corrected chi connectivity index (χ3v) is 3.96. The normalized spacial score (nSPS) is 12.6. The fourth-order valence-corrected chi connectivity index (χ4v) is 2.34. The Balaban J connectivity index is 2.41. The van der Waals surface area contributed by atoms with Gasteiger partial charge in [-0.05, 0) is 5.92 Å². The van der Waals surface area contributed by atoms with E-state index < -0.39 is 17.9 Å². The van der Waals surface area contributed by atoms with E-state index >= 15 is 0 Å². The van der Waals surface area contributed by atoms with Crippen molar-refractivity contribution in [3.63, 3.8) is 0 Å². The number of nitrogens with one attached hydrogen (secondary N) is 2. The molecule has 0 saturated carbocycles. The first kappa shape index (κ1) is 21.5. The van der Waals surface area contributed by atoms with Gasteiger partial charge in [-0.1, -0.05) is 13.8 Å². The molecule has 0 saturated heterocycles. The van der Waals surface area contributed by atoms with Crippen LogP contribution in [0.2, 0.25) is 0 Å². The second kappa shape index (κ2) is 8.96. The number of halogens is 3. The molecule has 1 heterocycles. The van der Waals surface area contributed by atoms with Gasteiger partial charge >= 0.3 is 6.18 Å². The summed E-state index contributed by atoms with van der Waals surface area (Å²) in [6.45, 7) is 3.37. The molecule has 0 unspecified atom stereocenters. The van der Waals surface area contributed by atoms with Crippen LogP contribution in [0.5, 0.6) is 11.5 Å². The summed E-state index contributed by atoms with van der Waals surface area (Å²) in [5, 5.41) is 15.0. The molecule has 0 aliphatic carbocycles. The molecule has 7 nitrogen and oxygen atoms in total. The Bertz CT molecular complexity index is 778. The first-order valence-electron chi connectivity index (χ1n) is 8.50. The van der Waals surface area contributed by atoms with Gasteiger partial charge in [0, 0.05) is 30.0 Å². The van der Waals surface area contributed by atoms with Crippen LogP contribution in [0.4, 0.5) is 30.6 Å².